The highest BCUT2D eigenvalue weighted by Gasteiger charge is 2.12. The van der Waals surface area contributed by atoms with Crippen LogP contribution in [0.3, 0.4) is 0 Å². The molecule has 0 radical (unpaired) electrons. The van der Waals surface area contributed by atoms with Gasteiger partial charge in [-0.25, -0.2) is 9.59 Å². The summed E-state index contributed by atoms with van der Waals surface area (Å²) in [4.78, 5) is 29.3. The Kier molecular flexibility index (Phi) is 17.2. The third-order valence-electron chi connectivity index (χ3n) is 6.19. The summed E-state index contributed by atoms with van der Waals surface area (Å²) in [6.45, 7) is 14.9. The van der Waals surface area contributed by atoms with Crippen molar-refractivity contribution < 1.29 is 19.1 Å². The minimum absolute atomic E-state index is 0.358. The minimum atomic E-state index is -0.358. The molecule has 6 nitrogen and oxygen atoms in total. The fourth-order valence-corrected chi connectivity index (χ4v) is 3.82. The number of hydrogen-bond donors (Lipinski definition) is 0. The highest BCUT2D eigenvalue weighted by atomic mass is 16.5. The Labute approximate surface area is 208 Å². The van der Waals surface area contributed by atoms with Crippen LogP contribution in [0.25, 0.3) is 0 Å². The van der Waals surface area contributed by atoms with E-state index in [2.05, 4.69) is 37.5 Å². The van der Waals surface area contributed by atoms with Crippen LogP contribution in [0.4, 0.5) is 0 Å². The fourth-order valence-electron chi connectivity index (χ4n) is 3.82. The van der Waals surface area contributed by atoms with Gasteiger partial charge in [0.05, 0.1) is 11.1 Å². The molecular formula is C28H48N2O4. The second-order valence-corrected chi connectivity index (χ2v) is 8.84. The van der Waals surface area contributed by atoms with Gasteiger partial charge in [-0.1, -0.05) is 66.2 Å². The van der Waals surface area contributed by atoms with Crippen LogP contribution in [0.15, 0.2) is 24.3 Å². The first-order valence-corrected chi connectivity index (χ1v) is 13.4. The lowest BCUT2D eigenvalue weighted by Crippen LogP contribution is -2.29. The third kappa shape index (κ3) is 13.1. The molecule has 0 saturated heterocycles. The Morgan fingerprint density at radius 3 is 1.29 bits per heavy atom. The molecule has 1 rings (SSSR count). The molecule has 0 aromatic heterocycles. The number of ether oxygens (including phenoxy) is 2. The SMILES string of the molecule is CCCCCCN(CC)CCOC(=O)c1ccc(C(=O)OCCN(CC)CCCCCC)cc1. The molecule has 0 heterocycles. The van der Waals surface area contributed by atoms with E-state index in [0.29, 0.717) is 24.3 Å². The van der Waals surface area contributed by atoms with Crippen LogP contribution in [-0.2, 0) is 9.47 Å². The van der Waals surface area contributed by atoms with E-state index in [1.54, 1.807) is 24.3 Å². The molecule has 0 aliphatic rings. The first-order valence-electron chi connectivity index (χ1n) is 13.4. The summed E-state index contributed by atoms with van der Waals surface area (Å²) >= 11 is 0. The lowest BCUT2D eigenvalue weighted by molar-refractivity contribution is 0.0449. The molecule has 0 unspecified atom stereocenters. The van der Waals surface area contributed by atoms with Crippen molar-refractivity contribution in [1.29, 1.82) is 0 Å². The van der Waals surface area contributed by atoms with Gasteiger partial charge in [0.1, 0.15) is 13.2 Å². The minimum Gasteiger partial charge on any atom is -0.461 e. The van der Waals surface area contributed by atoms with Crippen molar-refractivity contribution >= 4 is 11.9 Å². The van der Waals surface area contributed by atoms with E-state index in [0.717, 1.165) is 39.3 Å². The largest absolute Gasteiger partial charge is 0.461 e. The number of nitrogens with zero attached hydrogens (tertiary/aromatic N) is 2. The number of benzene rings is 1. The number of rotatable bonds is 20. The first-order chi connectivity index (χ1) is 16.5. The van der Waals surface area contributed by atoms with Crippen molar-refractivity contribution in [1.82, 2.24) is 9.80 Å². The van der Waals surface area contributed by atoms with Crippen LogP contribution in [-0.4, -0.2) is 74.2 Å². The molecule has 0 aliphatic carbocycles. The van der Waals surface area contributed by atoms with E-state index in [-0.39, 0.29) is 11.9 Å². The number of carbonyl (C=O) groups is 2. The highest BCUT2D eigenvalue weighted by molar-refractivity contribution is 5.93. The zero-order chi connectivity index (χ0) is 25.0. The number of unbranched alkanes of at least 4 members (excludes halogenated alkanes) is 6. The molecule has 0 N–H and O–H groups in total. The second-order valence-electron chi connectivity index (χ2n) is 8.84. The molecular weight excluding hydrogens is 428 g/mol. The molecule has 0 saturated carbocycles. The maximum absolute atomic E-state index is 12.3. The highest BCUT2D eigenvalue weighted by Crippen LogP contribution is 2.09. The van der Waals surface area contributed by atoms with E-state index in [4.69, 9.17) is 9.47 Å². The van der Waals surface area contributed by atoms with Crippen molar-refractivity contribution in [3.8, 4) is 0 Å². The third-order valence-corrected chi connectivity index (χ3v) is 6.19. The summed E-state index contributed by atoms with van der Waals surface area (Å²) in [6.07, 6.45) is 9.87. The predicted octanol–water partition coefficient (Wildman–Crippen LogP) is 5.80. The van der Waals surface area contributed by atoms with Crippen molar-refractivity contribution in [3.63, 3.8) is 0 Å². The van der Waals surface area contributed by atoms with E-state index in [9.17, 15) is 9.59 Å². The van der Waals surface area contributed by atoms with E-state index in [1.165, 1.54) is 51.4 Å². The van der Waals surface area contributed by atoms with Crippen LogP contribution in [0.5, 0.6) is 0 Å². The van der Waals surface area contributed by atoms with Crippen molar-refractivity contribution in [3.05, 3.63) is 35.4 Å². The van der Waals surface area contributed by atoms with Gasteiger partial charge in [0.15, 0.2) is 0 Å². The van der Waals surface area contributed by atoms with Crippen molar-refractivity contribution in [2.45, 2.75) is 79.1 Å². The molecule has 194 valence electrons. The molecule has 0 atom stereocenters. The lowest BCUT2D eigenvalue weighted by Gasteiger charge is -2.20. The Bertz CT molecular complexity index is 606. The molecule has 0 fully saturated rings. The molecule has 1 aromatic carbocycles. The molecule has 1 aromatic rings. The summed E-state index contributed by atoms with van der Waals surface area (Å²) in [5, 5.41) is 0. The van der Waals surface area contributed by atoms with Gasteiger partial charge in [-0.2, -0.15) is 0 Å². The molecule has 0 aliphatic heterocycles. The van der Waals surface area contributed by atoms with Crippen molar-refractivity contribution in [2.24, 2.45) is 0 Å². The molecule has 0 bridgehead atoms. The number of carbonyl (C=O) groups excluding carboxylic acids is 2. The van der Waals surface area contributed by atoms with Crippen molar-refractivity contribution in [2.75, 3.05) is 52.5 Å². The second kappa shape index (κ2) is 19.4. The lowest BCUT2D eigenvalue weighted by atomic mass is 10.1. The topological polar surface area (TPSA) is 59.1 Å². The van der Waals surface area contributed by atoms with Gasteiger partial charge in [-0.05, 0) is 63.3 Å². The molecule has 34 heavy (non-hydrogen) atoms. The molecule has 0 amide bonds. The average molecular weight is 477 g/mol. The summed E-state index contributed by atoms with van der Waals surface area (Å²) < 4.78 is 10.9. The van der Waals surface area contributed by atoms with E-state index in [1.807, 2.05) is 0 Å². The molecule has 0 spiro atoms. The van der Waals surface area contributed by atoms with Gasteiger partial charge in [0.25, 0.3) is 0 Å². The summed E-state index contributed by atoms with van der Waals surface area (Å²) in [5.41, 5.74) is 0.901. The Morgan fingerprint density at radius 2 is 0.971 bits per heavy atom. The van der Waals surface area contributed by atoms with Crippen LogP contribution >= 0.6 is 0 Å². The van der Waals surface area contributed by atoms with Gasteiger partial charge in [-0.15, -0.1) is 0 Å². The Balaban J connectivity index is 2.34. The van der Waals surface area contributed by atoms with Gasteiger partial charge >= 0.3 is 11.9 Å². The normalized spacial score (nSPS) is 11.2. The van der Waals surface area contributed by atoms with Crippen LogP contribution in [0.1, 0.15) is 99.8 Å². The fraction of sp³-hybridized carbons (Fsp3) is 0.714. The Hall–Kier alpha value is -1.92. The zero-order valence-corrected chi connectivity index (χ0v) is 22.2. The van der Waals surface area contributed by atoms with E-state index < -0.39 is 0 Å². The van der Waals surface area contributed by atoms with Crippen LogP contribution in [0.2, 0.25) is 0 Å². The van der Waals surface area contributed by atoms with Crippen LogP contribution < -0.4 is 0 Å². The number of hydrogen-bond acceptors (Lipinski definition) is 6. The van der Waals surface area contributed by atoms with Crippen LogP contribution in [0, 0.1) is 0 Å². The first kappa shape index (κ1) is 30.1. The smallest absolute Gasteiger partial charge is 0.338 e. The Morgan fingerprint density at radius 1 is 0.588 bits per heavy atom. The predicted molar refractivity (Wildman–Crippen MR) is 140 cm³/mol. The number of esters is 2. The monoisotopic (exact) mass is 476 g/mol. The standard InChI is InChI=1S/C28H48N2O4/c1-5-9-11-13-19-29(7-3)21-23-33-27(31)25-15-17-26(18-16-25)28(32)34-24-22-30(8-4)20-14-12-10-6-2/h15-18H,5-14,19-24H2,1-4H3. The zero-order valence-electron chi connectivity index (χ0n) is 22.2. The van der Waals surface area contributed by atoms with Gasteiger partial charge in [-0.3, -0.25) is 0 Å². The average Bonchev–Trinajstić information content (AvgIpc) is 2.86. The maximum atomic E-state index is 12.3. The summed E-state index contributed by atoms with van der Waals surface area (Å²) in [5.74, 6) is -0.716. The van der Waals surface area contributed by atoms with E-state index >= 15 is 0 Å². The maximum Gasteiger partial charge on any atom is 0.338 e. The summed E-state index contributed by atoms with van der Waals surface area (Å²) in [6, 6.07) is 6.53. The van der Waals surface area contributed by atoms with Gasteiger partial charge in [0, 0.05) is 13.1 Å². The molecule has 6 heteroatoms. The quantitative estimate of drug-likeness (QED) is 0.175. The van der Waals surface area contributed by atoms with Gasteiger partial charge in [0.2, 0.25) is 0 Å². The van der Waals surface area contributed by atoms with Gasteiger partial charge < -0.3 is 19.3 Å². The number of likely N-dealkylation sites (N-methyl/N-ethyl adjacent to an activating group) is 2. The summed E-state index contributed by atoms with van der Waals surface area (Å²) in [7, 11) is 0.